The van der Waals surface area contributed by atoms with Gasteiger partial charge in [-0.3, -0.25) is 0 Å². The molecule has 14 heteroatoms. The van der Waals surface area contributed by atoms with Crippen molar-refractivity contribution in [3.8, 4) is 35.1 Å². The van der Waals surface area contributed by atoms with Gasteiger partial charge in [0.1, 0.15) is 28.9 Å². The van der Waals surface area contributed by atoms with E-state index in [0.29, 0.717) is 40.1 Å². The molecule has 0 aromatic carbocycles. The minimum atomic E-state index is -0.928. The molecule has 0 saturated carbocycles. The highest BCUT2D eigenvalue weighted by molar-refractivity contribution is 5.96. The predicted octanol–water partition coefficient (Wildman–Crippen LogP) is 3.71. The topological polar surface area (TPSA) is 205 Å². The number of hydrogen-bond donors (Lipinski definition) is 3. The fourth-order valence-corrected chi connectivity index (χ4v) is 3.13. The Bertz CT molecular complexity index is 1880. The van der Waals surface area contributed by atoms with Crippen LogP contribution in [0.3, 0.4) is 0 Å². The predicted molar refractivity (Wildman–Crippen MR) is 174 cm³/mol. The number of nitrogens with zero attached hydrogens (tertiary/aromatic N) is 7. The number of rotatable bonds is 6. The zero-order valence-electron chi connectivity index (χ0n) is 26.5. The molecule has 0 aliphatic rings. The Morgan fingerprint density at radius 1 is 0.812 bits per heavy atom. The van der Waals surface area contributed by atoms with E-state index < -0.39 is 12.1 Å². The molecule has 2 atom stereocenters. The lowest BCUT2D eigenvalue weighted by Gasteiger charge is -2.00. The van der Waals surface area contributed by atoms with Crippen LogP contribution in [-0.4, -0.2) is 72.5 Å². The first-order valence-electron chi connectivity index (χ1n) is 14.1. The first-order valence-corrected chi connectivity index (χ1v) is 14.1. The van der Waals surface area contributed by atoms with E-state index in [-0.39, 0.29) is 11.9 Å². The molecule has 14 nitrogen and oxygen atoms in total. The van der Waals surface area contributed by atoms with Crippen LogP contribution in [0.15, 0.2) is 95.1 Å². The zero-order valence-corrected chi connectivity index (χ0v) is 26.5. The van der Waals surface area contributed by atoms with E-state index in [0.717, 1.165) is 5.56 Å². The van der Waals surface area contributed by atoms with Crippen molar-refractivity contribution in [1.29, 1.82) is 0 Å². The average Bonchev–Trinajstić information content (AvgIpc) is 3.64. The van der Waals surface area contributed by atoms with Crippen molar-refractivity contribution in [2.75, 3.05) is 14.2 Å². The molecule has 0 aliphatic carbocycles. The lowest BCUT2D eigenvalue weighted by atomic mass is 10.2. The van der Waals surface area contributed by atoms with Gasteiger partial charge in [0, 0.05) is 50.1 Å². The SMILES string of the molecule is COC(C)C(=O)O.COC(C)c1nc(-c2ccc(C#Cc3ccccn3)nc2)no1.N/C(=N\O)c1ccc(C#Cc2ccccn2)nc1. The van der Waals surface area contributed by atoms with E-state index >= 15 is 0 Å². The van der Waals surface area contributed by atoms with Crippen molar-refractivity contribution < 1.29 is 29.1 Å². The van der Waals surface area contributed by atoms with Crippen molar-refractivity contribution in [2.24, 2.45) is 10.9 Å². The molecule has 5 aromatic rings. The van der Waals surface area contributed by atoms with Gasteiger partial charge in [-0.1, -0.05) is 22.4 Å². The van der Waals surface area contributed by atoms with Gasteiger partial charge < -0.3 is 30.0 Å². The molecular weight excluding hydrogens is 616 g/mol. The summed E-state index contributed by atoms with van der Waals surface area (Å²) in [6.07, 6.45) is 5.62. The first-order chi connectivity index (χ1) is 23.2. The van der Waals surface area contributed by atoms with Crippen molar-refractivity contribution in [1.82, 2.24) is 30.1 Å². The number of ether oxygens (including phenoxy) is 2. The molecule has 2 unspecified atom stereocenters. The van der Waals surface area contributed by atoms with E-state index in [4.69, 9.17) is 25.3 Å². The summed E-state index contributed by atoms with van der Waals surface area (Å²) < 4.78 is 14.7. The summed E-state index contributed by atoms with van der Waals surface area (Å²) in [5.41, 5.74) is 9.35. The van der Waals surface area contributed by atoms with Gasteiger partial charge in [0.15, 0.2) is 11.9 Å². The van der Waals surface area contributed by atoms with Gasteiger partial charge in [-0.15, -0.1) is 0 Å². The summed E-state index contributed by atoms with van der Waals surface area (Å²) in [7, 11) is 2.95. The number of carbonyl (C=O) groups is 1. The first kappa shape index (κ1) is 36.0. The second kappa shape index (κ2) is 19.1. The third-order valence-corrected chi connectivity index (χ3v) is 6.00. The quantitative estimate of drug-likeness (QED) is 0.0790. The normalized spacial score (nSPS) is 11.5. The van der Waals surface area contributed by atoms with Crippen LogP contribution < -0.4 is 5.73 Å². The fourth-order valence-electron chi connectivity index (χ4n) is 3.13. The Balaban J connectivity index is 0.000000222. The van der Waals surface area contributed by atoms with Gasteiger partial charge in [0.25, 0.3) is 5.89 Å². The van der Waals surface area contributed by atoms with Gasteiger partial charge in [-0.25, -0.2) is 24.7 Å². The van der Waals surface area contributed by atoms with Crippen LogP contribution in [-0.2, 0) is 14.3 Å². The highest BCUT2D eigenvalue weighted by Crippen LogP contribution is 2.19. The van der Waals surface area contributed by atoms with Crippen molar-refractivity contribution >= 4 is 11.8 Å². The molecule has 0 spiro atoms. The zero-order chi connectivity index (χ0) is 34.7. The minimum absolute atomic E-state index is 0.0201. The van der Waals surface area contributed by atoms with Gasteiger partial charge in [-0.2, -0.15) is 4.98 Å². The van der Waals surface area contributed by atoms with Crippen LogP contribution in [0.5, 0.6) is 0 Å². The summed E-state index contributed by atoms with van der Waals surface area (Å²) in [6, 6.07) is 18.1. The van der Waals surface area contributed by atoms with Crippen molar-refractivity contribution in [2.45, 2.75) is 26.1 Å². The number of aliphatic carboxylic acids is 1. The maximum atomic E-state index is 9.81. The van der Waals surface area contributed by atoms with Gasteiger partial charge >= 0.3 is 5.97 Å². The molecular formula is C34H32N8O6. The molecule has 48 heavy (non-hydrogen) atoms. The summed E-state index contributed by atoms with van der Waals surface area (Å²) in [6.45, 7) is 3.31. The summed E-state index contributed by atoms with van der Waals surface area (Å²) in [4.78, 5) is 30.7. The Morgan fingerprint density at radius 3 is 1.77 bits per heavy atom. The summed E-state index contributed by atoms with van der Waals surface area (Å²) in [5, 5.41) is 23.4. The number of carboxylic acids is 1. The molecule has 0 bridgehead atoms. The van der Waals surface area contributed by atoms with Crippen LogP contribution >= 0.6 is 0 Å². The molecule has 0 amide bonds. The number of methoxy groups -OCH3 is 2. The number of amidine groups is 1. The molecule has 4 N–H and O–H groups in total. The van der Waals surface area contributed by atoms with Gasteiger partial charge in [0.05, 0.1) is 0 Å². The Hall–Kier alpha value is -6.48. The number of pyridine rings is 4. The molecule has 0 aliphatic heterocycles. The van der Waals surface area contributed by atoms with Crippen LogP contribution in [0.25, 0.3) is 11.4 Å². The number of carboxylic acid groups (broad SMARTS) is 1. The number of nitrogens with two attached hydrogens (primary N) is 1. The maximum Gasteiger partial charge on any atom is 0.332 e. The van der Waals surface area contributed by atoms with Crippen molar-refractivity contribution in [3.05, 3.63) is 120 Å². The number of aromatic nitrogens is 6. The second-order valence-electron chi connectivity index (χ2n) is 9.33. The number of hydrogen-bond acceptors (Lipinski definition) is 12. The lowest BCUT2D eigenvalue weighted by molar-refractivity contribution is -0.147. The number of oxime groups is 1. The van der Waals surface area contributed by atoms with E-state index in [1.165, 1.54) is 20.2 Å². The molecule has 0 fully saturated rings. The molecule has 5 rings (SSSR count). The van der Waals surface area contributed by atoms with Crippen LogP contribution in [0, 0.1) is 23.7 Å². The molecule has 5 aromatic heterocycles. The summed E-state index contributed by atoms with van der Waals surface area (Å²) in [5.74, 6) is 11.7. The highest BCUT2D eigenvalue weighted by Gasteiger charge is 2.14. The molecule has 244 valence electrons. The Morgan fingerprint density at radius 2 is 1.38 bits per heavy atom. The van der Waals surface area contributed by atoms with E-state index in [9.17, 15) is 4.79 Å². The average molecular weight is 649 g/mol. The van der Waals surface area contributed by atoms with Gasteiger partial charge in [0.2, 0.25) is 5.82 Å². The third-order valence-electron chi connectivity index (χ3n) is 6.00. The van der Waals surface area contributed by atoms with Crippen LogP contribution in [0.2, 0.25) is 0 Å². The highest BCUT2D eigenvalue weighted by atomic mass is 16.5. The van der Waals surface area contributed by atoms with Crippen LogP contribution in [0.4, 0.5) is 0 Å². The minimum Gasteiger partial charge on any atom is -0.479 e. The monoisotopic (exact) mass is 648 g/mol. The Labute approximate surface area is 276 Å². The van der Waals surface area contributed by atoms with Crippen molar-refractivity contribution in [3.63, 3.8) is 0 Å². The summed E-state index contributed by atoms with van der Waals surface area (Å²) >= 11 is 0. The van der Waals surface area contributed by atoms with E-state index in [1.807, 2.05) is 49.4 Å². The van der Waals surface area contributed by atoms with E-state index in [2.05, 4.69) is 63.7 Å². The second-order valence-corrected chi connectivity index (χ2v) is 9.33. The van der Waals surface area contributed by atoms with Crippen LogP contribution in [0.1, 0.15) is 54.2 Å². The standard InChI is InChI=1S/C17H14N4O2.C13H10N4O.C4H8O3/c1-12(22-2)17-20-16(21-23-17)13-6-7-15(19-11-13)9-8-14-5-3-4-10-18-14;14-13(17-18)10-4-5-12(16-9-10)7-6-11-3-1-2-8-15-11;1-3(7-2)4(5)6/h3-7,10-12H,1-2H3;1-5,8-9,18H,(H2,14,17);3H,1-2H3,(H,5,6). The van der Waals surface area contributed by atoms with Gasteiger partial charge in [-0.05, 0) is 86.1 Å². The molecule has 5 heterocycles. The third kappa shape index (κ3) is 11.8. The molecule has 0 saturated heterocycles. The molecule has 0 radical (unpaired) electrons. The van der Waals surface area contributed by atoms with E-state index in [1.54, 1.807) is 43.9 Å². The smallest absolute Gasteiger partial charge is 0.332 e. The maximum absolute atomic E-state index is 9.81. The largest absolute Gasteiger partial charge is 0.479 e. The Kier molecular flexibility index (Phi) is 14.3. The fraction of sp³-hybridized carbons (Fsp3) is 0.176. The lowest BCUT2D eigenvalue weighted by Crippen LogP contribution is -2.17.